The number of ether oxygens (including phenoxy) is 1. The van der Waals surface area contributed by atoms with Crippen molar-refractivity contribution < 1.29 is 19.4 Å². The summed E-state index contributed by atoms with van der Waals surface area (Å²) in [5.74, 6) is -0.0891. The first-order valence-electron chi connectivity index (χ1n) is 6.29. The first-order valence-corrected chi connectivity index (χ1v) is 6.29. The zero-order valence-electron chi connectivity index (χ0n) is 11.0. The topological polar surface area (TPSA) is 75.6 Å². The molecule has 0 bridgehead atoms. The summed E-state index contributed by atoms with van der Waals surface area (Å²) in [6, 6.07) is 7.37. The van der Waals surface area contributed by atoms with Crippen molar-refractivity contribution in [2.75, 3.05) is 6.61 Å². The minimum atomic E-state index is -0.865. The molecular formula is C14H19NO4. The van der Waals surface area contributed by atoms with Crippen LogP contribution in [-0.4, -0.2) is 30.1 Å². The van der Waals surface area contributed by atoms with Crippen LogP contribution in [0.3, 0.4) is 0 Å². The van der Waals surface area contributed by atoms with E-state index >= 15 is 0 Å². The minimum Gasteiger partial charge on any atom is -0.494 e. The molecule has 5 nitrogen and oxygen atoms in total. The van der Waals surface area contributed by atoms with E-state index in [9.17, 15) is 9.59 Å². The highest BCUT2D eigenvalue weighted by atomic mass is 16.5. The summed E-state index contributed by atoms with van der Waals surface area (Å²) in [5, 5.41) is 11.4. The van der Waals surface area contributed by atoms with Crippen LogP contribution in [0.1, 0.15) is 25.3 Å². The molecule has 0 fully saturated rings. The Hall–Kier alpha value is -2.04. The van der Waals surface area contributed by atoms with Gasteiger partial charge in [0.1, 0.15) is 5.75 Å². The van der Waals surface area contributed by atoms with Gasteiger partial charge in [0, 0.05) is 12.5 Å². The van der Waals surface area contributed by atoms with Gasteiger partial charge in [0.2, 0.25) is 6.41 Å². The summed E-state index contributed by atoms with van der Waals surface area (Å²) in [7, 11) is 0. The van der Waals surface area contributed by atoms with Crippen molar-refractivity contribution in [3.63, 3.8) is 0 Å². The van der Waals surface area contributed by atoms with Crippen LogP contribution in [0.5, 0.6) is 5.75 Å². The molecule has 5 heteroatoms. The van der Waals surface area contributed by atoms with Gasteiger partial charge < -0.3 is 15.2 Å². The van der Waals surface area contributed by atoms with Crippen LogP contribution in [0.4, 0.5) is 0 Å². The Balaban J connectivity index is 2.71. The van der Waals surface area contributed by atoms with Crippen LogP contribution in [0.2, 0.25) is 0 Å². The molecule has 19 heavy (non-hydrogen) atoms. The number of carboxylic acid groups (broad SMARTS) is 1. The molecule has 1 atom stereocenters. The molecule has 0 saturated heterocycles. The van der Waals surface area contributed by atoms with Crippen molar-refractivity contribution in [3.8, 4) is 5.75 Å². The van der Waals surface area contributed by atoms with Crippen LogP contribution >= 0.6 is 0 Å². The van der Waals surface area contributed by atoms with E-state index in [1.54, 1.807) is 0 Å². The fourth-order valence-corrected chi connectivity index (χ4v) is 1.87. The molecule has 0 radical (unpaired) electrons. The number of para-hydroxylation sites is 1. The van der Waals surface area contributed by atoms with Crippen molar-refractivity contribution in [3.05, 3.63) is 29.8 Å². The Morgan fingerprint density at radius 2 is 2.21 bits per heavy atom. The zero-order chi connectivity index (χ0) is 14.1. The molecular weight excluding hydrogens is 246 g/mol. The molecule has 0 aliphatic heterocycles. The average Bonchev–Trinajstić information content (AvgIpc) is 2.38. The third-order valence-corrected chi connectivity index (χ3v) is 2.75. The number of carboxylic acids is 1. The largest absolute Gasteiger partial charge is 0.494 e. The van der Waals surface area contributed by atoms with E-state index in [2.05, 4.69) is 5.32 Å². The van der Waals surface area contributed by atoms with Crippen molar-refractivity contribution in [1.29, 1.82) is 0 Å². The lowest BCUT2D eigenvalue weighted by Gasteiger charge is -2.17. The fourth-order valence-electron chi connectivity index (χ4n) is 1.87. The van der Waals surface area contributed by atoms with E-state index < -0.39 is 5.97 Å². The van der Waals surface area contributed by atoms with Crippen LogP contribution < -0.4 is 10.1 Å². The number of hydrogen-bond donors (Lipinski definition) is 2. The van der Waals surface area contributed by atoms with Crippen LogP contribution in [0.15, 0.2) is 24.3 Å². The molecule has 2 N–H and O–H groups in total. The van der Waals surface area contributed by atoms with E-state index in [1.165, 1.54) is 0 Å². The van der Waals surface area contributed by atoms with Crippen LogP contribution in [0.25, 0.3) is 0 Å². The van der Waals surface area contributed by atoms with Gasteiger partial charge in [0.15, 0.2) is 0 Å². The lowest BCUT2D eigenvalue weighted by Crippen LogP contribution is -2.30. The lowest BCUT2D eigenvalue weighted by atomic mass is 10.0. The highest BCUT2D eigenvalue weighted by Crippen LogP contribution is 2.20. The number of benzene rings is 1. The number of carbonyl (C=O) groups excluding carboxylic acids is 1. The predicted octanol–water partition coefficient (Wildman–Crippen LogP) is 1.61. The van der Waals surface area contributed by atoms with Crippen molar-refractivity contribution in [2.24, 2.45) is 0 Å². The molecule has 1 unspecified atom stereocenters. The number of carbonyl (C=O) groups is 2. The normalized spacial score (nSPS) is 11.6. The molecule has 0 spiro atoms. The summed E-state index contributed by atoms with van der Waals surface area (Å²) in [5.41, 5.74) is 0.967. The summed E-state index contributed by atoms with van der Waals surface area (Å²) in [6.45, 7) is 2.47. The standard InChI is InChI=1S/C14H19NO4/c1-2-19-13-6-4-3-5-11(13)9-12(15-10-16)7-8-14(17)18/h3-6,10,12H,2,7-9H2,1H3,(H,15,16)(H,17,18). The first kappa shape index (κ1) is 15.0. The first-order chi connectivity index (χ1) is 9.17. The SMILES string of the molecule is CCOc1ccccc1CC(CCC(=O)O)NC=O. The Morgan fingerprint density at radius 1 is 1.47 bits per heavy atom. The highest BCUT2D eigenvalue weighted by molar-refractivity contribution is 5.66. The van der Waals surface area contributed by atoms with Gasteiger partial charge in [-0.05, 0) is 31.4 Å². The molecule has 1 rings (SSSR count). The smallest absolute Gasteiger partial charge is 0.303 e. The maximum atomic E-state index is 10.6. The van der Waals surface area contributed by atoms with Gasteiger partial charge in [-0.1, -0.05) is 18.2 Å². The fraction of sp³-hybridized carbons (Fsp3) is 0.429. The van der Waals surface area contributed by atoms with Crippen LogP contribution in [0, 0.1) is 0 Å². The molecule has 0 saturated carbocycles. The van der Waals surface area contributed by atoms with Gasteiger partial charge >= 0.3 is 5.97 Å². The van der Waals surface area contributed by atoms with Gasteiger partial charge in [-0.15, -0.1) is 0 Å². The summed E-state index contributed by atoms with van der Waals surface area (Å²) in [4.78, 5) is 21.2. The third-order valence-electron chi connectivity index (χ3n) is 2.75. The number of rotatable bonds is 9. The molecule has 104 valence electrons. The molecule has 0 aliphatic carbocycles. The third kappa shape index (κ3) is 5.42. The maximum Gasteiger partial charge on any atom is 0.303 e. The number of hydrogen-bond acceptors (Lipinski definition) is 3. The second-order valence-corrected chi connectivity index (χ2v) is 4.16. The minimum absolute atomic E-state index is 0.0301. The molecule has 0 heterocycles. The average molecular weight is 265 g/mol. The Labute approximate surface area is 112 Å². The number of aliphatic carboxylic acids is 1. The Kier molecular flexibility index (Phi) is 6.43. The van der Waals surface area contributed by atoms with Crippen molar-refractivity contribution in [1.82, 2.24) is 5.32 Å². The molecule has 0 aliphatic rings. The van der Waals surface area contributed by atoms with E-state index in [-0.39, 0.29) is 12.5 Å². The van der Waals surface area contributed by atoms with E-state index in [0.717, 1.165) is 11.3 Å². The van der Waals surface area contributed by atoms with Crippen molar-refractivity contribution in [2.45, 2.75) is 32.2 Å². The molecule has 1 aromatic rings. The molecule has 1 amide bonds. The van der Waals surface area contributed by atoms with E-state index in [4.69, 9.17) is 9.84 Å². The molecule has 1 aromatic carbocycles. The lowest BCUT2D eigenvalue weighted by molar-refractivity contribution is -0.137. The monoisotopic (exact) mass is 265 g/mol. The Bertz CT molecular complexity index is 420. The summed E-state index contributed by atoms with van der Waals surface area (Å²) >= 11 is 0. The van der Waals surface area contributed by atoms with Gasteiger partial charge in [0.25, 0.3) is 0 Å². The zero-order valence-corrected chi connectivity index (χ0v) is 11.0. The quantitative estimate of drug-likeness (QED) is 0.665. The van der Waals surface area contributed by atoms with Crippen LogP contribution in [-0.2, 0) is 16.0 Å². The van der Waals surface area contributed by atoms with Gasteiger partial charge in [-0.3, -0.25) is 9.59 Å². The summed E-state index contributed by atoms with van der Waals surface area (Å²) in [6.07, 6.45) is 1.59. The van der Waals surface area contributed by atoms with E-state index in [0.29, 0.717) is 25.9 Å². The molecule has 0 aromatic heterocycles. The number of nitrogens with one attached hydrogen (secondary N) is 1. The highest BCUT2D eigenvalue weighted by Gasteiger charge is 2.13. The van der Waals surface area contributed by atoms with Gasteiger partial charge in [0.05, 0.1) is 6.61 Å². The second kappa shape index (κ2) is 8.13. The van der Waals surface area contributed by atoms with E-state index in [1.807, 2.05) is 31.2 Å². The predicted molar refractivity (Wildman–Crippen MR) is 71.2 cm³/mol. The summed E-state index contributed by atoms with van der Waals surface area (Å²) < 4.78 is 5.51. The maximum absolute atomic E-state index is 10.6. The Morgan fingerprint density at radius 3 is 2.84 bits per heavy atom. The number of amides is 1. The second-order valence-electron chi connectivity index (χ2n) is 4.16. The van der Waals surface area contributed by atoms with Gasteiger partial charge in [-0.2, -0.15) is 0 Å². The van der Waals surface area contributed by atoms with Gasteiger partial charge in [-0.25, -0.2) is 0 Å². The van der Waals surface area contributed by atoms with Crippen molar-refractivity contribution >= 4 is 12.4 Å².